The van der Waals surface area contributed by atoms with Crippen molar-refractivity contribution in [2.45, 2.75) is 45.2 Å². The van der Waals surface area contributed by atoms with Gasteiger partial charge in [0.25, 0.3) is 5.91 Å². The van der Waals surface area contributed by atoms with Crippen molar-refractivity contribution >= 4 is 11.7 Å². The molecule has 3 rings (SSSR count). The minimum atomic E-state index is -0.250. The topological polar surface area (TPSA) is 76.6 Å². The highest BCUT2D eigenvalue weighted by atomic mass is 16.5. The molecule has 0 bridgehead atoms. The van der Waals surface area contributed by atoms with E-state index >= 15 is 0 Å². The highest BCUT2D eigenvalue weighted by molar-refractivity contribution is 5.92. The molecule has 1 aliphatic rings. The van der Waals surface area contributed by atoms with Gasteiger partial charge in [0.1, 0.15) is 0 Å². The number of methoxy groups -OCH3 is 2. The molecule has 2 aromatic rings. The molecule has 1 aliphatic heterocycles. The number of nitrogens with zero attached hydrogens (tertiary/aromatic N) is 3. The normalized spacial score (nSPS) is 16.5. The van der Waals surface area contributed by atoms with E-state index < -0.39 is 0 Å². The van der Waals surface area contributed by atoms with E-state index in [1.807, 2.05) is 24.3 Å². The molecular formula is C21H28N4O3. The second-order valence-corrected chi connectivity index (χ2v) is 6.90. The van der Waals surface area contributed by atoms with Crippen LogP contribution in [0, 0.1) is 0 Å². The Morgan fingerprint density at radius 2 is 1.96 bits per heavy atom. The number of benzene rings is 1. The number of hydrogen-bond acceptors (Lipinski definition) is 6. The van der Waals surface area contributed by atoms with E-state index in [-0.39, 0.29) is 5.91 Å². The van der Waals surface area contributed by atoms with E-state index in [9.17, 15) is 4.79 Å². The van der Waals surface area contributed by atoms with Gasteiger partial charge in [0, 0.05) is 19.1 Å². The Morgan fingerprint density at radius 1 is 1.14 bits per heavy atom. The second-order valence-electron chi connectivity index (χ2n) is 6.90. The summed E-state index contributed by atoms with van der Waals surface area (Å²) in [5.74, 6) is 1.88. The standard InChI is InChI=1S/C21H28N4O3/c1-4-16-7-5-6-12-25(16)20-11-9-17(23-24-20)21(26)22-14-15-8-10-18(27-2)19(13-15)28-3/h8-11,13,16H,4-7,12,14H2,1-3H3,(H,22,26). The van der Waals surface area contributed by atoms with Gasteiger partial charge in [0.15, 0.2) is 23.0 Å². The van der Waals surface area contributed by atoms with Gasteiger partial charge in [0.05, 0.1) is 14.2 Å². The fourth-order valence-electron chi connectivity index (χ4n) is 3.59. The highest BCUT2D eigenvalue weighted by Crippen LogP contribution is 2.27. The zero-order valence-corrected chi connectivity index (χ0v) is 16.8. The largest absolute Gasteiger partial charge is 0.493 e. The fraction of sp³-hybridized carbons (Fsp3) is 0.476. The van der Waals surface area contributed by atoms with Crippen LogP contribution in [0.2, 0.25) is 0 Å². The Balaban J connectivity index is 1.62. The van der Waals surface area contributed by atoms with Crippen LogP contribution >= 0.6 is 0 Å². The summed E-state index contributed by atoms with van der Waals surface area (Å²) in [6, 6.07) is 9.69. The Morgan fingerprint density at radius 3 is 2.64 bits per heavy atom. The molecule has 7 heteroatoms. The Labute approximate surface area is 166 Å². The van der Waals surface area contributed by atoms with Gasteiger partial charge < -0.3 is 19.7 Å². The Hall–Kier alpha value is -2.83. The van der Waals surface area contributed by atoms with E-state index in [0.717, 1.165) is 24.3 Å². The van der Waals surface area contributed by atoms with Gasteiger partial charge in [-0.2, -0.15) is 0 Å². The third kappa shape index (κ3) is 4.52. The summed E-state index contributed by atoms with van der Waals surface area (Å²) in [7, 11) is 3.18. The van der Waals surface area contributed by atoms with E-state index in [1.165, 1.54) is 19.3 Å². The van der Waals surface area contributed by atoms with Crippen LogP contribution in [0.25, 0.3) is 0 Å². The van der Waals surface area contributed by atoms with Crippen molar-refractivity contribution in [1.29, 1.82) is 0 Å². The zero-order valence-electron chi connectivity index (χ0n) is 16.8. The summed E-state index contributed by atoms with van der Waals surface area (Å²) in [5.41, 5.74) is 1.23. The maximum Gasteiger partial charge on any atom is 0.272 e. The Kier molecular flexibility index (Phi) is 6.68. The lowest BCUT2D eigenvalue weighted by Crippen LogP contribution is -2.39. The van der Waals surface area contributed by atoms with Crippen molar-refractivity contribution in [1.82, 2.24) is 15.5 Å². The average molecular weight is 384 g/mol. The number of ether oxygens (including phenoxy) is 2. The summed E-state index contributed by atoms with van der Waals surface area (Å²) in [5, 5.41) is 11.3. The smallest absolute Gasteiger partial charge is 0.272 e. The monoisotopic (exact) mass is 384 g/mol. The molecule has 0 radical (unpaired) electrons. The molecule has 1 saturated heterocycles. The van der Waals surface area contributed by atoms with Crippen LogP contribution in [0.15, 0.2) is 30.3 Å². The van der Waals surface area contributed by atoms with Crippen LogP contribution in [0.1, 0.15) is 48.7 Å². The lowest BCUT2D eigenvalue weighted by Gasteiger charge is -2.35. The minimum absolute atomic E-state index is 0.250. The number of anilines is 1. The first-order valence-electron chi connectivity index (χ1n) is 9.75. The highest BCUT2D eigenvalue weighted by Gasteiger charge is 2.22. The number of amides is 1. The zero-order chi connectivity index (χ0) is 19.9. The summed E-state index contributed by atoms with van der Waals surface area (Å²) in [6.07, 6.45) is 4.71. The molecule has 1 aromatic heterocycles. The quantitative estimate of drug-likeness (QED) is 0.790. The van der Waals surface area contributed by atoms with Crippen LogP contribution in [-0.2, 0) is 6.54 Å². The molecule has 1 amide bonds. The molecule has 0 saturated carbocycles. The fourth-order valence-corrected chi connectivity index (χ4v) is 3.59. The SMILES string of the molecule is CCC1CCCCN1c1ccc(C(=O)NCc2ccc(OC)c(OC)c2)nn1. The molecular weight excluding hydrogens is 356 g/mol. The molecule has 1 N–H and O–H groups in total. The Bertz CT molecular complexity index is 795. The van der Waals surface area contributed by atoms with Crippen LogP contribution in [-0.4, -0.2) is 42.9 Å². The van der Waals surface area contributed by atoms with Gasteiger partial charge >= 0.3 is 0 Å². The van der Waals surface area contributed by atoms with Gasteiger partial charge in [-0.05, 0) is 55.5 Å². The molecule has 1 atom stereocenters. The first-order valence-corrected chi connectivity index (χ1v) is 9.75. The van der Waals surface area contributed by atoms with Crippen molar-refractivity contribution in [2.75, 3.05) is 25.7 Å². The number of carbonyl (C=O) groups is 1. The first kappa shape index (κ1) is 19.9. The number of piperidine rings is 1. The molecule has 1 unspecified atom stereocenters. The second kappa shape index (κ2) is 9.39. The van der Waals surface area contributed by atoms with E-state index in [4.69, 9.17) is 9.47 Å². The van der Waals surface area contributed by atoms with Crippen molar-refractivity contribution in [3.05, 3.63) is 41.6 Å². The van der Waals surface area contributed by atoms with E-state index in [1.54, 1.807) is 20.3 Å². The van der Waals surface area contributed by atoms with Crippen molar-refractivity contribution in [2.24, 2.45) is 0 Å². The minimum Gasteiger partial charge on any atom is -0.493 e. The third-order valence-corrected chi connectivity index (χ3v) is 5.18. The first-order chi connectivity index (χ1) is 13.7. The van der Waals surface area contributed by atoms with Crippen LogP contribution in [0.3, 0.4) is 0 Å². The molecule has 7 nitrogen and oxygen atoms in total. The molecule has 1 aromatic carbocycles. The van der Waals surface area contributed by atoms with E-state index in [0.29, 0.717) is 29.8 Å². The van der Waals surface area contributed by atoms with Crippen LogP contribution in [0.4, 0.5) is 5.82 Å². The molecule has 1 fully saturated rings. The number of rotatable bonds is 7. The van der Waals surface area contributed by atoms with Gasteiger partial charge in [-0.15, -0.1) is 10.2 Å². The average Bonchev–Trinajstić information content (AvgIpc) is 2.77. The molecule has 0 aliphatic carbocycles. The summed E-state index contributed by atoms with van der Waals surface area (Å²) >= 11 is 0. The lowest BCUT2D eigenvalue weighted by atomic mass is 10.0. The number of hydrogen-bond donors (Lipinski definition) is 1. The summed E-state index contributed by atoms with van der Waals surface area (Å²) < 4.78 is 10.5. The molecule has 28 heavy (non-hydrogen) atoms. The van der Waals surface area contributed by atoms with Crippen molar-refractivity contribution in [3.63, 3.8) is 0 Å². The van der Waals surface area contributed by atoms with Gasteiger partial charge in [0.2, 0.25) is 0 Å². The third-order valence-electron chi connectivity index (χ3n) is 5.18. The number of aromatic nitrogens is 2. The number of carbonyl (C=O) groups excluding carboxylic acids is 1. The van der Waals surface area contributed by atoms with Crippen LogP contribution in [0.5, 0.6) is 11.5 Å². The summed E-state index contributed by atoms with van der Waals surface area (Å²) in [6.45, 7) is 3.57. The summed E-state index contributed by atoms with van der Waals surface area (Å²) in [4.78, 5) is 14.7. The molecule has 150 valence electrons. The molecule has 0 spiro atoms. The predicted molar refractivity (Wildman–Crippen MR) is 108 cm³/mol. The maximum absolute atomic E-state index is 12.4. The van der Waals surface area contributed by atoms with Gasteiger partial charge in [-0.25, -0.2) is 0 Å². The van der Waals surface area contributed by atoms with E-state index in [2.05, 4.69) is 27.3 Å². The lowest BCUT2D eigenvalue weighted by molar-refractivity contribution is 0.0945. The van der Waals surface area contributed by atoms with Crippen molar-refractivity contribution in [3.8, 4) is 11.5 Å². The molecule has 2 heterocycles. The van der Waals surface area contributed by atoms with Gasteiger partial charge in [-0.1, -0.05) is 13.0 Å². The van der Waals surface area contributed by atoms with Crippen molar-refractivity contribution < 1.29 is 14.3 Å². The number of nitrogens with one attached hydrogen (secondary N) is 1. The maximum atomic E-state index is 12.4. The van der Waals surface area contributed by atoms with Crippen LogP contribution < -0.4 is 19.7 Å². The van der Waals surface area contributed by atoms with Gasteiger partial charge in [-0.3, -0.25) is 4.79 Å². The predicted octanol–water partition coefficient (Wildman–Crippen LogP) is 3.19.